The molecule has 0 aliphatic heterocycles. The molecule has 0 aliphatic rings. The van der Waals surface area contributed by atoms with Crippen molar-refractivity contribution >= 4 is 22.7 Å². The highest BCUT2D eigenvalue weighted by Crippen LogP contribution is 2.22. The van der Waals surface area contributed by atoms with Gasteiger partial charge in [0.15, 0.2) is 0 Å². The Kier molecular flexibility index (Phi) is 5.42. The zero-order chi connectivity index (χ0) is 15.4. The Labute approximate surface area is 139 Å². The van der Waals surface area contributed by atoms with Crippen LogP contribution in [0.2, 0.25) is 0 Å². The second-order valence-electron chi connectivity index (χ2n) is 5.56. The van der Waals surface area contributed by atoms with Crippen molar-refractivity contribution in [1.82, 2.24) is 0 Å². The zero-order valence-electron chi connectivity index (χ0n) is 12.9. The largest absolute Gasteiger partial charge is 0.356 e. The van der Waals surface area contributed by atoms with Crippen molar-refractivity contribution in [2.75, 3.05) is 10.6 Å². The quantitative estimate of drug-likeness (QED) is 0.580. The van der Waals surface area contributed by atoms with E-state index >= 15 is 0 Å². The fourth-order valence-electron chi connectivity index (χ4n) is 2.24. The summed E-state index contributed by atoms with van der Waals surface area (Å²) in [5, 5.41) is 6.80. The van der Waals surface area contributed by atoms with Gasteiger partial charge >= 0.3 is 0 Å². The molecule has 0 atom stereocenters. The number of anilines is 4. The molecule has 0 unspecified atom stereocenters. The number of hydrogen-bond donors (Lipinski definition) is 2. The monoisotopic (exact) mass is 304 g/mol. The van der Waals surface area contributed by atoms with Gasteiger partial charge in [-0.05, 0) is 62.4 Å². The molecule has 0 saturated heterocycles. The minimum Gasteiger partial charge on any atom is -0.356 e. The van der Waals surface area contributed by atoms with E-state index in [0.717, 1.165) is 22.7 Å². The third-order valence-corrected chi connectivity index (χ3v) is 3.57. The number of rotatable bonds is 4. The van der Waals surface area contributed by atoms with Gasteiger partial charge in [0.2, 0.25) is 0 Å². The lowest BCUT2D eigenvalue weighted by molar-refractivity contribution is 1.44. The van der Waals surface area contributed by atoms with Gasteiger partial charge in [-0.1, -0.05) is 42.8 Å². The Bertz CT molecular complexity index is 660. The highest BCUT2D eigenvalue weighted by atomic mass is 14.9. The third kappa shape index (κ3) is 4.62. The number of benzene rings is 3. The average molecular weight is 304 g/mol. The Balaban J connectivity index is 0.00000192. The van der Waals surface area contributed by atoms with Crippen LogP contribution >= 0.6 is 0 Å². The summed E-state index contributed by atoms with van der Waals surface area (Å²) < 4.78 is 0. The van der Waals surface area contributed by atoms with E-state index in [1.165, 1.54) is 11.1 Å². The molecular weight excluding hydrogens is 280 g/mol. The normalized spacial score (nSPS) is 9.83. The first-order valence-electron chi connectivity index (χ1n) is 7.46. The molecule has 0 amide bonds. The molecule has 3 rings (SSSR count). The van der Waals surface area contributed by atoms with Gasteiger partial charge in [0.05, 0.1) is 0 Å². The molecule has 3 aromatic rings. The summed E-state index contributed by atoms with van der Waals surface area (Å²) in [6.07, 6.45) is 0. The van der Waals surface area contributed by atoms with Crippen molar-refractivity contribution < 1.29 is 0 Å². The lowest BCUT2D eigenvalue weighted by Gasteiger charge is -2.10. The van der Waals surface area contributed by atoms with Crippen LogP contribution in [0, 0.1) is 13.8 Å². The molecule has 0 spiro atoms. The fourth-order valence-corrected chi connectivity index (χ4v) is 2.24. The van der Waals surface area contributed by atoms with Crippen LogP contribution in [-0.2, 0) is 0 Å². The van der Waals surface area contributed by atoms with Crippen LogP contribution in [0.1, 0.15) is 18.6 Å². The minimum absolute atomic E-state index is 0. The van der Waals surface area contributed by atoms with E-state index < -0.39 is 0 Å². The van der Waals surface area contributed by atoms with Crippen molar-refractivity contribution in [3.63, 3.8) is 0 Å². The molecule has 2 nitrogen and oxygen atoms in total. The van der Waals surface area contributed by atoms with Crippen LogP contribution in [0.5, 0.6) is 0 Å². The molecular formula is C21H24N2. The Morgan fingerprint density at radius 2 is 0.652 bits per heavy atom. The number of nitrogens with one attached hydrogen (secondary N) is 2. The molecule has 0 saturated carbocycles. The van der Waals surface area contributed by atoms with E-state index in [1.54, 1.807) is 0 Å². The van der Waals surface area contributed by atoms with E-state index in [-0.39, 0.29) is 7.43 Å². The predicted molar refractivity (Wildman–Crippen MR) is 102 cm³/mol. The highest BCUT2D eigenvalue weighted by Gasteiger charge is 1.97. The SMILES string of the molecule is C.Cc1ccc(Nc2ccc(Nc3ccc(C)cc3)cc2)cc1. The summed E-state index contributed by atoms with van der Waals surface area (Å²) in [4.78, 5) is 0. The average Bonchev–Trinajstić information content (AvgIpc) is 2.54. The van der Waals surface area contributed by atoms with Gasteiger partial charge in [-0.3, -0.25) is 0 Å². The smallest absolute Gasteiger partial charge is 0.0385 e. The van der Waals surface area contributed by atoms with Crippen LogP contribution in [0.25, 0.3) is 0 Å². The van der Waals surface area contributed by atoms with E-state index in [9.17, 15) is 0 Å². The van der Waals surface area contributed by atoms with Crippen molar-refractivity contribution in [3.8, 4) is 0 Å². The van der Waals surface area contributed by atoms with Crippen molar-refractivity contribution in [2.45, 2.75) is 21.3 Å². The van der Waals surface area contributed by atoms with Crippen molar-refractivity contribution in [2.24, 2.45) is 0 Å². The van der Waals surface area contributed by atoms with Gasteiger partial charge in [0.1, 0.15) is 0 Å². The molecule has 0 aromatic heterocycles. The molecule has 0 bridgehead atoms. The molecule has 0 heterocycles. The molecule has 118 valence electrons. The van der Waals surface area contributed by atoms with Crippen LogP contribution < -0.4 is 10.6 Å². The number of aryl methyl sites for hydroxylation is 2. The standard InChI is InChI=1S/C20H20N2.CH4/c1-15-3-7-17(8-4-15)21-19-11-13-20(14-12-19)22-18-9-5-16(2)6-10-18;/h3-14,21-22H,1-2H3;1H4. The van der Waals surface area contributed by atoms with Crippen LogP contribution in [-0.4, -0.2) is 0 Å². The van der Waals surface area contributed by atoms with Gasteiger partial charge in [0, 0.05) is 22.7 Å². The Morgan fingerprint density at radius 1 is 0.435 bits per heavy atom. The Hall–Kier alpha value is -2.74. The Morgan fingerprint density at radius 3 is 0.913 bits per heavy atom. The third-order valence-electron chi connectivity index (χ3n) is 3.57. The van der Waals surface area contributed by atoms with E-state index in [0.29, 0.717) is 0 Å². The maximum atomic E-state index is 3.40. The molecule has 2 heteroatoms. The maximum absolute atomic E-state index is 3.40. The lowest BCUT2D eigenvalue weighted by atomic mass is 10.2. The van der Waals surface area contributed by atoms with Crippen LogP contribution in [0.3, 0.4) is 0 Å². The molecule has 23 heavy (non-hydrogen) atoms. The van der Waals surface area contributed by atoms with Crippen LogP contribution in [0.4, 0.5) is 22.7 Å². The molecule has 3 aromatic carbocycles. The lowest BCUT2D eigenvalue weighted by Crippen LogP contribution is -1.92. The molecule has 0 fully saturated rings. The van der Waals surface area contributed by atoms with Gasteiger partial charge in [-0.2, -0.15) is 0 Å². The van der Waals surface area contributed by atoms with Crippen LogP contribution in [0.15, 0.2) is 72.8 Å². The summed E-state index contributed by atoms with van der Waals surface area (Å²) in [6.45, 7) is 4.19. The summed E-state index contributed by atoms with van der Waals surface area (Å²) >= 11 is 0. The van der Waals surface area contributed by atoms with Gasteiger partial charge < -0.3 is 10.6 Å². The summed E-state index contributed by atoms with van der Waals surface area (Å²) in [7, 11) is 0. The first-order valence-corrected chi connectivity index (χ1v) is 7.46. The van der Waals surface area contributed by atoms with Gasteiger partial charge in [-0.15, -0.1) is 0 Å². The first kappa shape index (κ1) is 16.6. The first-order chi connectivity index (χ1) is 10.7. The number of hydrogen-bond acceptors (Lipinski definition) is 2. The summed E-state index contributed by atoms with van der Waals surface area (Å²) in [6, 6.07) is 25.1. The molecule has 0 aliphatic carbocycles. The summed E-state index contributed by atoms with van der Waals surface area (Å²) in [5.74, 6) is 0. The van der Waals surface area contributed by atoms with E-state index in [2.05, 4.69) is 97.3 Å². The second kappa shape index (κ2) is 7.50. The van der Waals surface area contributed by atoms with Crippen molar-refractivity contribution in [1.29, 1.82) is 0 Å². The zero-order valence-corrected chi connectivity index (χ0v) is 12.9. The maximum Gasteiger partial charge on any atom is 0.0385 e. The second-order valence-corrected chi connectivity index (χ2v) is 5.56. The topological polar surface area (TPSA) is 24.1 Å². The fraction of sp³-hybridized carbons (Fsp3) is 0.143. The highest BCUT2D eigenvalue weighted by molar-refractivity contribution is 5.66. The summed E-state index contributed by atoms with van der Waals surface area (Å²) in [5.41, 5.74) is 6.90. The molecule has 0 radical (unpaired) electrons. The minimum atomic E-state index is 0. The van der Waals surface area contributed by atoms with Gasteiger partial charge in [0.25, 0.3) is 0 Å². The van der Waals surface area contributed by atoms with E-state index in [1.807, 2.05) is 0 Å². The van der Waals surface area contributed by atoms with Crippen molar-refractivity contribution in [3.05, 3.63) is 83.9 Å². The van der Waals surface area contributed by atoms with E-state index in [4.69, 9.17) is 0 Å². The van der Waals surface area contributed by atoms with Gasteiger partial charge in [-0.25, -0.2) is 0 Å². The molecule has 2 N–H and O–H groups in total. The predicted octanol–water partition coefficient (Wildman–Crippen LogP) is 6.43.